The van der Waals surface area contributed by atoms with Crippen molar-refractivity contribution in [1.82, 2.24) is 5.43 Å². The van der Waals surface area contributed by atoms with Gasteiger partial charge < -0.3 is 0 Å². The van der Waals surface area contributed by atoms with Gasteiger partial charge in [-0.25, -0.2) is 4.39 Å². The third-order valence-corrected chi connectivity index (χ3v) is 3.90. The van der Waals surface area contributed by atoms with E-state index in [9.17, 15) is 4.39 Å². The Morgan fingerprint density at radius 2 is 2.05 bits per heavy atom. The van der Waals surface area contributed by atoms with Crippen molar-refractivity contribution in [2.75, 3.05) is 0 Å². The molecular formula is C16H27FN2. The maximum absolute atomic E-state index is 13.3. The summed E-state index contributed by atoms with van der Waals surface area (Å²) in [5, 5.41) is 0. The molecule has 0 bridgehead atoms. The quantitative estimate of drug-likeness (QED) is 0.545. The van der Waals surface area contributed by atoms with E-state index in [0.717, 1.165) is 12.0 Å². The van der Waals surface area contributed by atoms with Crippen LogP contribution in [-0.2, 0) is 0 Å². The number of halogens is 1. The van der Waals surface area contributed by atoms with Crippen LogP contribution in [-0.4, -0.2) is 0 Å². The third kappa shape index (κ3) is 4.92. The van der Waals surface area contributed by atoms with Crippen LogP contribution < -0.4 is 11.3 Å². The molecule has 0 heterocycles. The lowest BCUT2D eigenvalue weighted by atomic mass is 9.89. The molecule has 2 atom stereocenters. The number of nitrogens with one attached hydrogen (secondary N) is 1. The van der Waals surface area contributed by atoms with Gasteiger partial charge in [0.1, 0.15) is 5.82 Å². The van der Waals surface area contributed by atoms with E-state index in [-0.39, 0.29) is 11.9 Å². The van der Waals surface area contributed by atoms with Crippen LogP contribution in [0.25, 0.3) is 0 Å². The summed E-state index contributed by atoms with van der Waals surface area (Å²) in [5.41, 5.74) is 4.64. The Morgan fingerprint density at radius 3 is 2.58 bits per heavy atom. The van der Waals surface area contributed by atoms with Gasteiger partial charge in [0.2, 0.25) is 0 Å². The summed E-state index contributed by atoms with van der Waals surface area (Å²) < 4.78 is 13.3. The molecule has 0 aliphatic heterocycles. The molecule has 0 saturated heterocycles. The summed E-state index contributed by atoms with van der Waals surface area (Å²) in [6, 6.07) is 5.37. The van der Waals surface area contributed by atoms with Crippen LogP contribution in [0, 0.1) is 18.7 Å². The van der Waals surface area contributed by atoms with Gasteiger partial charge in [-0.3, -0.25) is 11.3 Å². The van der Waals surface area contributed by atoms with Crippen molar-refractivity contribution < 1.29 is 4.39 Å². The molecule has 1 rings (SSSR count). The van der Waals surface area contributed by atoms with Gasteiger partial charge in [-0.2, -0.15) is 0 Å². The Morgan fingerprint density at radius 1 is 1.32 bits per heavy atom. The number of hydrogen-bond donors (Lipinski definition) is 2. The molecule has 1 aromatic rings. The van der Waals surface area contributed by atoms with E-state index in [2.05, 4.69) is 19.3 Å². The van der Waals surface area contributed by atoms with Gasteiger partial charge in [0.25, 0.3) is 0 Å². The molecule has 2 nitrogen and oxygen atoms in total. The highest BCUT2D eigenvalue weighted by Crippen LogP contribution is 2.27. The lowest BCUT2D eigenvalue weighted by Gasteiger charge is -2.23. The topological polar surface area (TPSA) is 38.0 Å². The molecule has 0 radical (unpaired) electrons. The predicted molar refractivity (Wildman–Crippen MR) is 79.1 cm³/mol. The van der Waals surface area contributed by atoms with E-state index in [0.29, 0.717) is 11.5 Å². The molecule has 0 fully saturated rings. The fourth-order valence-electron chi connectivity index (χ4n) is 2.50. The average Bonchev–Trinajstić information content (AvgIpc) is 2.42. The number of unbranched alkanes of at least 4 members (excludes halogenated alkanes) is 1. The smallest absolute Gasteiger partial charge is 0.126 e. The SMILES string of the molecule is CCCCC(CC)CC(NN)c1ccc(F)c(C)c1. The second-order valence-corrected chi connectivity index (χ2v) is 5.38. The fraction of sp³-hybridized carbons (Fsp3) is 0.625. The average molecular weight is 266 g/mol. The van der Waals surface area contributed by atoms with Crippen LogP contribution in [0.4, 0.5) is 4.39 Å². The monoisotopic (exact) mass is 266 g/mol. The summed E-state index contributed by atoms with van der Waals surface area (Å²) in [4.78, 5) is 0. The molecule has 0 aliphatic carbocycles. The summed E-state index contributed by atoms with van der Waals surface area (Å²) in [7, 11) is 0. The molecule has 0 aromatic heterocycles. The molecule has 1 aromatic carbocycles. The molecule has 19 heavy (non-hydrogen) atoms. The number of benzene rings is 1. The van der Waals surface area contributed by atoms with Crippen molar-refractivity contribution in [2.24, 2.45) is 11.8 Å². The maximum Gasteiger partial charge on any atom is 0.126 e. The molecule has 2 unspecified atom stereocenters. The van der Waals surface area contributed by atoms with Gasteiger partial charge in [-0.05, 0) is 36.5 Å². The molecule has 3 heteroatoms. The van der Waals surface area contributed by atoms with Crippen molar-refractivity contribution in [1.29, 1.82) is 0 Å². The van der Waals surface area contributed by atoms with Crippen molar-refractivity contribution in [2.45, 2.75) is 58.9 Å². The van der Waals surface area contributed by atoms with Crippen molar-refractivity contribution in [3.63, 3.8) is 0 Å². The first-order chi connectivity index (χ1) is 9.12. The van der Waals surface area contributed by atoms with Crippen LogP contribution >= 0.6 is 0 Å². The summed E-state index contributed by atoms with van der Waals surface area (Å²) in [5.74, 6) is 6.20. The highest BCUT2D eigenvalue weighted by molar-refractivity contribution is 5.26. The second kappa shape index (κ2) is 8.28. The molecular weight excluding hydrogens is 239 g/mol. The van der Waals surface area contributed by atoms with Gasteiger partial charge in [0.05, 0.1) is 0 Å². The number of nitrogens with two attached hydrogens (primary N) is 1. The molecule has 0 amide bonds. The molecule has 108 valence electrons. The Kier molecular flexibility index (Phi) is 7.03. The first kappa shape index (κ1) is 16.1. The lowest BCUT2D eigenvalue weighted by molar-refractivity contribution is 0.356. The van der Waals surface area contributed by atoms with Crippen LogP contribution in [0.15, 0.2) is 18.2 Å². The van der Waals surface area contributed by atoms with Crippen LogP contribution in [0.2, 0.25) is 0 Å². The van der Waals surface area contributed by atoms with Gasteiger partial charge in [0, 0.05) is 6.04 Å². The van der Waals surface area contributed by atoms with E-state index >= 15 is 0 Å². The minimum absolute atomic E-state index is 0.112. The van der Waals surface area contributed by atoms with Crippen molar-refractivity contribution in [3.05, 3.63) is 35.1 Å². The van der Waals surface area contributed by atoms with E-state index in [1.165, 1.54) is 31.7 Å². The van der Waals surface area contributed by atoms with Gasteiger partial charge in [-0.15, -0.1) is 0 Å². The maximum atomic E-state index is 13.3. The summed E-state index contributed by atoms with van der Waals surface area (Å²) in [6.45, 7) is 6.24. The van der Waals surface area contributed by atoms with E-state index in [1.54, 1.807) is 6.92 Å². The molecule has 0 spiro atoms. The first-order valence-corrected chi connectivity index (χ1v) is 7.34. The normalized spacial score (nSPS) is 14.4. The van der Waals surface area contributed by atoms with E-state index in [1.807, 2.05) is 12.1 Å². The highest BCUT2D eigenvalue weighted by atomic mass is 19.1. The predicted octanol–water partition coefficient (Wildman–Crippen LogP) is 4.25. The summed E-state index contributed by atoms with van der Waals surface area (Å²) >= 11 is 0. The van der Waals surface area contributed by atoms with Crippen molar-refractivity contribution >= 4 is 0 Å². The Balaban J connectivity index is 2.72. The van der Waals surface area contributed by atoms with Crippen LogP contribution in [0.3, 0.4) is 0 Å². The van der Waals surface area contributed by atoms with E-state index in [4.69, 9.17) is 5.84 Å². The van der Waals surface area contributed by atoms with Gasteiger partial charge in [0.15, 0.2) is 0 Å². The fourth-order valence-corrected chi connectivity index (χ4v) is 2.50. The van der Waals surface area contributed by atoms with Crippen molar-refractivity contribution in [3.8, 4) is 0 Å². The van der Waals surface area contributed by atoms with Crippen LogP contribution in [0.5, 0.6) is 0 Å². The number of rotatable bonds is 8. The Labute approximate surface area is 116 Å². The Bertz CT molecular complexity index is 379. The third-order valence-electron chi connectivity index (χ3n) is 3.90. The largest absolute Gasteiger partial charge is 0.271 e. The number of aryl methyl sites for hydroxylation is 1. The first-order valence-electron chi connectivity index (χ1n) is 7.34. The molecule has 3 N–H and O–H groups in total. The lowest BCUT2D eigenvalue weighted by Crippen LogP contribution is -2.29. The summed E-state index contributed by atoms with van der Waals surface area (Å²) in [6.07, 6.45) is 5.91. The van der Waals surface area contributed by atoms with Gasteiger partial charge >= 0.3 is 0 Å². The Hall–Kier alpha value is -0.930. The zero-order valence-corrected chi connectivity index (χ0v) is 12.4. The minimum atomic E-state index is -0.155. The van der Waals surface area contributed by atoms with Gasteiger partial charge in [-0.1, -0.05) is 51.7 Å². The van der Waals surface area contributed by atoms with Crippen LogP contribution in [0.1, 0.15) is 63.1 Å². The molecule has 0 saturated carbocycles. The number of hydrogen-bond acceptors (Lipinski definition) is 2. The zero-order valence-electron chi connectivity index (χ0n) is 12.4. The standard InChI is InChI=1S/C16H27FN2/c1-4-6-7-13(5-2)11-16(19-18)14-8-9-15(17)12(3)10-14/h8-10,13,16,19H,4-7,11,18H2,1-3H3. The highest BCUT2D eigenvalue weighted by Gasteiger charge is 2.16. The minimum Gasteiger partial charge on any atom is -0.271 e. The number of hydrazine groups is 1. The van der Waals surface area contributed by atoms with E-state index < -0.39 is 0 Å². The zero-order chi connectivity index (χ0) is 14.3. The second-order valence-electron chi connectivity index (χ2n) is 5.38. The molecule has 0 aliphatic rings.